The third kappa shape index (κ3) is 3.78. The molecule has 0 spiro atoms. The van der Waals surface area contributed by atoms with Crippen LogP contribution in [0, 0.1) is 5.41 Å². The molecule has 94 valence electrons. The topological polar surface area (TPSA) is 32.3 Å². The minimum Gasteiger partial charge on any atom is -0.343 e. The molecule has 1 heterocycles. The zero-order valence-electron chi connectivity index (χ0n) is 11.4. The van der Waals surface area contributed by atoms with Gasteiger partial charge in [0.05, 0.1) is 0 Å². The van der Waals surface area contributed by atoms with Crippen molar-refractivity contribution >= 4 is 5.91 Å². The van der Waals surface area contributed by atoms with Gasteiger partial charge in [0.1, 0.15) is 0 Å². The van der Waals surface area contributed by atoms with Gasteiger partial charge in [0, 0.05) is 25.0 Å². The molecule has 0 aromatic heterocycles. The Morgan fingerprint density at radius 1 is 1.31 bits per heavy atom. The minimum atomic E-state index is 0.0981. The zero-order valence-corrected chi connectivity index (χ0v) is 11.4. The number of carbonyl (C=O) groups is 1. The lowest BCUT2D eigenvalue weighted by Gasteiger charge is -2.40. The molecule has 0 radical (unpaired) electrons. The summed E-state index contributed by atoms with van der Waals surface area (Å²) in [4.78, 5) is 14.0. The van der Waals surface area contributed by atoms with Gasteiger partial charge in [-0.15, -0.1) is 0 Å². The Hall–Kier alpha value is -0.570. The first-order valence-electron chi connectivity index (χ1n) is 6.22. The van der Waals surface area contributed by atoms with E-state index in [2.05, 4.69) is 33.0 Å². The Kier molecular flexibility index (Phi) is 4.00. The number of piperidine rings is 1. The van der Waals surface area contributed by atoms with Crippen LogP contribution in [0.4, 0.5) is 0 Å². The van der Waals surface area contributed by atoms with Crippen molar-refractivity contribution < 1.29 is 4.79 Å². The molecule has 3 heteroatoms. The number of likely N-dealkylation sites (tertiary alicyclic amines) is 1. The van der Waals surface area contributed by atoms with E-state index in [1.54, 1.807) is 0 Å². The number of hydrogen-bond donors (Lipinski definition) is 1. The summed E-state index contributed by atoms with van der Waals surface area (Å²) in [6.07, 6.45) is 2.77. The summed E-state index contributed by atoms with van der Waals surface area (Å²) in [6, 6.07) is 0. The maximum atomic E-state index is 12.0. The molecule has 0 aliphatic carbocycles. The van der Waals surface area contributed by atoms with E-state index in [0.717, 1.165) is 25.9 Å². The maximum absolute atomic E-state index is 12.0. The van der Waals surface area contributed by atoms with Gasteiger partial charge >= 0.3 is 0 Å². The van der Waals surface area contributed by atoms with Gasteiger partial charge < -0.3 is 10.2 Å². The summed E-state index contributed by atoms with van der Waals surface area (Å²) in [5.74, 6) is 0.311. The van der Waals surface area contributed by atoms with Crippen LogP contribution in [0.15, 0.2) is 0 Å². The summed E-state index contributed by atoms with van der Waals surface area (Å²) < 4.78 is 0. The molecule has 1 aliphatic heterocycles. The number of amides is 1. The molecule has 1 rings (SSSR count). The van der Waals surface area contributed by atoms with E-state index in [0.29, 0.717) is 12.3 Å². The van der Waals surface area contributed by atoms with Crippen LogP contribution in [0.3, 0.4) is 0 Å². The van der Waals surface area contributed by atoms with Crippen LogP contribution >= 0.6 is 0 Å². The summed E-state index contributed by atoms with van der Waals surface area (Å²) in [5.41, 5.74) is 0.319. The number of hydrogen-bond acceptors (Lipinski definition) is 2. The second kappa shape index (κ2) is 4.74. The highest BCUT2D eigenvalue weighted by atomic mass is 16.2. The van der Waals surface area contributed by atoms with E-state index in [1.807, 2.05) is 11.9 Å². The Bertz CT molecular complexity index is 247. The van der Waals surface area contributed by atoms with Gasteiger partial charge in [-0.25, -0.2) is 0 Å². The number of rotatable bonds is 2. The normalized spacial score (nSPS) is 20.9. The fourth-order valence-electron chi connectivity index (χ4n) is 2.07. The summed E-state index contributed by atoms with van der Waals surface area (Å²) in [7, 11) is 2.01. The second-order valence-corrected chi connectivity index (χ2v) is 6.43. The number of nitrogens with zero attached hydrogens (tertiary/aromatic N) is 1. The Morgan fingerprint density at radius 3 is 2.19 bits per heavy atom. The maximum Gasteiger partial charge on any atom is 0.223 e. The molecule has 1 saturated heterocycles. The lowest BCUT2D eigenvalue weighted by Crippen LogP contribution is -2.51. The molecule has 0 atom stereocenters. The van der Waals surface area contributed by atoms with Crippen LogP contribution in [0.1, 0.15) is 47.0 Å². The van der Waals surface area contributed by atoms with Gasteiger partial charge in [-0.1, -0.05) is 20.8 Å². The first-order chi connectivity index (χ1) is 7.26. The Labute approximate surface area is 99.6 Å². The fraction of sp³-hybridized carbons (Fsp3) is 0.923. The van der Waals surface area contributed by atoms with E-state index in [4.69, 9.17) is 0 Å². The molecule has 3 nitrogen and oxygen atoms in total. The van der Waals surface area contributed by atoms with Crippen molar-refractivity contribution in [2.75, 3.05) is 20.1 Å². The fourth-order valence-corrected chi connectivity index (χ4v) is 2.07. The molecule has 16 heavy (non-hydrogen) atoms. The van der Waals surface area contributed by atoms with Crippen LogP contribution in [-0.4, -0.2) is 36.5 Å². The lowest BCUT2D eigenvalue weighted by molar-refractivity contribution is -0.134. The molecule has 0 saturated carbocycles. The minimum absolute atomic E-state index is 0.0981. The first-order valence-corrected chi connectivity index (χ1v) is 6.22. The molecular weight excluding hydrogens is 200 g/mol. The monoisotopic (exact) mass is 226 g/mol. The SMILES string of the molecule is CNC1(C)CCN(C(=O)CC(C)(C)C)CC1. The molecule has 0 bridgehead atoms. The van der Waals surface area contributed by atoms with Crippen molar-refractivity contribution in [3.05, 3.63) is 0 Å². The van der Waals surface area contributed by atoms with Crippen LogP contribution in [0.25, 0.3) is 0 Å². The summed E-state index contributed by atoms with van der Waals surface area (Å²) in [5, 5.41) is 3.35. The summed E-state index contributed by atoms with van der Waals surface area (Å²) >= 11 is 0. The number of carbonyl (C=O) groups excluding carboxylic acids is 1. The largest absolute Gasteiger partial charge is 0.343 e. The van der Waals surface area contributed by atoms with Crippen LogP contribution in [0.5, 0.6) is 0 Å². The first kappa shape index (κ1) is 13.5. The van der Waals surface area contributed by atoms with E-state index in [1.165, 1.54) is 0 Å². The van der Waals surface area contributed by atoms with Crippen molar-refractivity contribution in [1.82, 2.24) is 10.2 Å². The van der Waals surface area contributed by atoms with E-state index in [-0.39, 0.29) is 11.0 Å². The molecule has 1 fully saturated rings. The predicted molar refractivity (Wildman–Crippen MR) is 67.4 cm³/mol. The molecule has 0 aromatic rings. The van der Waals surface area contributed by atoms with Gasteiger partial charge in [0.15, 0.2) is 0 Å². The van der Waals surface area contributed by atoms with Crippen molar-refractivity contribution in [1.29, 1.82) is 0 Å². The smallest absolute Gasteiger partial charge is 0.223 e. The van der Waals surface area contributed by atoms with Gasteiger partial charge in [0.25, 0.3) is 0 Å². The number of nitrogens with one attached hydrogen (secondary N) is 1. The average molecular weight is 226 g/mol. The molecule has 1 amide bonds. The van der Waals surface area contributed by atoms with E-state index < -0.39 is 0 Å². The lowest BCUT2D eigenvalue weighted by atomic mass is 9.88. The molecule has 0 unspecified atom stereocenters. The Morgan fingerprint density at radius 2 is 1.81 bits per heavy atom. The van der Waals surface area contributed by atoms with Crippen molar-refractivity contribution in [3.8, 4) is 0 Å². The third-order valence-electron chi connectivity index (χ3n) is 3.50. The van der Waals surface area contributed by atoms with Crippen LogP contribution < -0.4 is 5.32 Å². The highest BCUT2D eigenvalue weighted by molar-refractivity contribution is 5.76. The van der Waals surface area contributed by atoms with Crippen molar-refractivity contribution in [2.24, 2.45) is 5.41 Å². The highest BCUT2D eigenvalue weighted by Gasteiger charge is 2.31. The quantitative estimate of drug-likeness (QED) is 0.781. The van der Waals surface area contributed by atoms with Crippen LogP contribution in [0.2, 0.25) is 0 Å². The average Bonchev–Trinajstić information content (AvgIpc) is 2.16. The third-order valence-corrected chi connectivity index (χ3v) is 3.50. The van der Waals surface area contributed by atoms with Gasteiger partial charge in [-0.3, -0.25) is 4.79 Å². The standard InChI is InChI=1S/C13H26N2O/c1-12(2,3)10-11(16)15-8-6-13(4,14-5)7-9-15/h14H,6-10H2,1-5H3. The van der Waals surface area contributed by atoms with Gasteiger partial charge in [-0.2, -0.15) is 0 Å². The molecule has 1 aliphatic rings. The predicted octanol–water partition coefficient (Wildman–Crippen LogP) is 2.02. The van der Waals surface area contributed by atoms with Crippen molar-refractivity contribution in [2.45, 2.75) is 52.5 Å². The van der Waals surface area contributed by atoms with E-state index >= 15 is 0 Å². The molecule has 1 N–H and O–H groups in total. The van der Waals surface area contributed by atoms with Gasteiger partial charge in [0.2, 0.25) is 5.91 Å². The van der Waals surface area contributed by atoms with Crippen molar-refractivity contribution in [3.63, 3.8) is 0 Å². The Balaban J connectivity index is 2.45. The second-order valence-electron chi connectivity index (χ2n) is 6.43. The van der Waals surface area contributed by atoms with Gasteiger partial charge in [-0.05, 0) is 32.2 Å². The molecule has 0 aromatic carbocycles. The zero-order chi connectivity index (χ0) is 12.4. The summed E-state index contributed by atoms with van der Waals surface area (Å²) in [6.45, 7) is 10.4. The molecular formula is C13H26N2O. The van der Waals surface area contributed by atoms with Crippen LogP contribution in [-0.2, 0) is 4.79 Å². The van der Waals surface area contributed by atoms with E-state index in [9.17, 15) is 4.79 Å². The highest BCUT2D eigenvalue weighted by Crippen LogP contribution is 2.25.